The van der Waals surface area contributed by atoms with E-state index in [-0.39, 0.29) is 18.4 Å². The Bertz CT molecular complexity index is 524. The van der Waals surface area contributed by atoms with Gasteiger partial charge in [0.1, 0.15) is 12.1 Å². The molecule has 0 aliphatic carbocycles. The summed E-state index contributed by atoms with van der Waals surface area (Å²) in [6, 6.07) is 7.98. The van der Waals surface area contributed by atoms with E-state index in [1.807, 2.05) is 31.2 Å². The van der Waals surface area contributed by atoms with E-state index in [1.54, 1.807) is 11.8 Å². The molecular formula is C17H24N2O2. The number of hydrogen-bond acceptors (Lipinski definition) is 2. The van der Waals surface area contributed by atoms with E-state index in [2.05, 4.69) is 12.2 Å². The Balaban J connectivity index is 2.20. The van der Waals surface area contributed by atoms with Gasteiger partial charge in [0, 0.05) is 5.69 Å². The van der Waals surface area contributed by atoms with E-state index in [0.29, 0.717) is 6.42 Å². The van der Waals surface area contributed by atoms with Crippen molar-refractivity contribution in [2.24, 2.45) is 0 Å². The van der Waals surface area contributed by atoms with Gasteiger partial charge in [-0.3, -0.25) is 9.59 Å². The first-order chi connectivity index (χ1) is 10.00. The summed E-state index contributed by atoms with van der Waals surface area (Å²) < 4.78 is 0. The van der Waals surface area contributed by atoms with Crippen LogP contribution in [0.3, 0.4) is 0 Å². The van der Waals surface area contributed by atoms with Gasteiger partial charge in [0.15, 0.2) is 0 Å². The van der Waals surface area contributed by atoms with Crippen molar-refractivity contribution in [2.75, 3.05) is 11.4 Å². The average molecular weight is 288 g/mol. The van der Waals surface area contributed by atoms with Crippen molar-refractivity contribution in [3.8, 4) is 0 Å². The zero-order chi connectivity index (χ0) is 15.5. The number of carbonyl (C=O) groups is 2. The van der Waals surface area contributed by atoms with Crippen LogP contribution in [0.15, 0.2) is 24.3 Å². The van der Waals surface area contributed by atoms with Crippen molar-refractivity contribution >= 4 is 17.5 Å². The van der Waals surface area contributed by atoms with Crippen LogP contribution in [0.1, 0.15) is 45.6 Å². The average Bonchev–Trinajstić information content (AvgIpc) is 2.49. The SMILES string of the molecule is CCCCc1ccc(N2CC(=O)NC(C)(CC)C2=O)cc1. The maximum absolute atomic E-state index is 12.6. The number of benzene rings is 1. The number of anilines is 1. The van der Waals surface area contributed by atoms with E-state index >= 15 is 0 Å². The Morgan fingerprint density at radius 1 is 1.19 bits per heavy atom. The Labute approximate surface area is 126 Å². The Morgan fingerprint density at radius 3 is 2.43 bits per heavy atom. The third-order valence-corrected chi connectivity index (χ3v) is 4.21. The molecule has 1 unspecified atom stereocenters. The van der Waals surface area contributed by atoms with Crippen LogP contribution in [0.25, 0.3) is 0 Å². The number of carbonyl (C=O) groups excluding carboxylic acids is 2. The number of rotatable bonds is 5. The lowest BCUT2D eigenvalue weighted by Gasteiger charge is -2.39. The Kier molecular flexibility index (Phi) is 4.66. The summed E-state index contributed by atoms with van der Waals surface area (Å²) in [6.45, 7) is 5.97. The molecular weight excluding hydrogens is 264 g/mol. The van der Waals surface area contributed by atoms with Crippen LogP contribution in [-0.2, 0) is 16.0 Å². The summed E-state index contributed by atoms with van der Waals surface area (Å²) in [6.07, 6.45) is 3.97. The van der Waals surface area contributed by atoms with Gasteiger partial charge in [-0.2, -0.15) is 0 Å². The number of piperazine rings is 1. The molecule has 1 heterocycles. The Morgan fingerprint density at radius 2 is 1.86 bits per heavy atom. The van der Waals surface area contributed by atoms with Crippen LogP contribution < -0.4 is 10.2 Å². The summed E-state index contributed by atoms with van der Waals surface area (Å²) in [5, 5.41) is 2.80. The second-order valence-electron chi connectivity index (χ2n) is 5.90. The van der Waals surface area contributed by atoms with Gasteiger partial charge in [-0.1, -0.05) is 32.4 Å². The van der Waals surface area contributed by atoms with Crippen LogP contribution in [0, 0.1) is 0 Å². The minimum Gasteiger partial charge on any atom is -0.340 e. The molecule has 4 heteroatoms. The number of nitrogens with one attached hydrogen (secondary N) is 1. The van der Waals surface area contributed by atoms with Gasteiger partial charge in [-0.15, -0.1) is 0 Å². The highest BCUT2D eigenvalue weighted by molar-refractivity contribution is 6.08. The predicted octanol–water partition coefficient (Wildman–Crippen LogP) is 2.66. The number of aryl methyl sites for hydroxylation is 1. The topological polar surface area (TPSA) is 49.4 Å². The molecule has 1 fully saturated rings. The largest absolute Gasteiger partial charge is 0.340 e. The summed E-state index contributed by atoms with van der Waals surface area (Å²) in [4.78, 5) is 26.1. The lowest BCUT2D eigenvalue weighted by Crippen LogP contribution is -2.65. The van der Waals surface area contributed by atoms with Gasteiger partial charge < -0.3 is 10.2 Å². The molecule has 114 valence electrons. The lowest BCUT2D eigenvalue weighted by molar-refractivity contribution is -0.135. The summed E-state index contributed by atoms with van der Waals surface area (Å²) in [5.74, 6) is -0.139. The first-order valence-corrected chi connectivity index (χ1v) is 7.72. The first-order valence-electron chi connectivity index (χ1n) is 7.72. The number of nitrogens with zero attached hydrogens (tertiary/aromatic N) is 1. The van der Waals surface area contributed by atoms with Crippen LogP contribution in [0.5, 0.6) is 0 Å². The molecule has 0 bridgehead atoms. The van der Waals surface area contributed by atoms with E-state index in [4.69, 9.17) is 0 Å². The molecule has 1 aliphatic rings. The van der Waals surface area contributed by atoms with Gasteiger partial charge in [0.2, 0.25) is 5.91 Å². The zero-order valence-corrected chi connectivity index (χ0v) is 13.1. The van der Waals surface area contributed by atoms with Gasteiger partial charge >= 0.3 is 0 Å². The van der Waals surface area contributed by atoms with E-state index in [0.717, 1.165) is 18.5 Å². The van der Waals surface area contributed by atoms with Crippen molar-refractivity contribution in [1.82, 2.24) is 5.32 Å². The Hall–Kier alpha value is -1.84. The molecule has 0 saturated carbocycles. The van der Waals surface area contributed by atoms with Gasteiger partial charge in [-0.25, -0.2) is 0 Å². The molecule has 0 radical (unpaired) electrons. The molecule has 1 aliphatic heterocycles. The van der Waals surface area contributed by atoms with E-state index < -0.39 is 5.54 Å². The third kappa shape index (κ3) is 3.26. The highest BCUT2D eigenvalue weighted by Crippen LogP contribution is 2.24. The minimum absolute atomic E-state index is 0.0362. The fourth-order valence-corrected chi connectivity index (χ4v) is 2.59. The molecule has 21 heavy (non-hydrogen) atoms. The molecule has 1 N–H and O–H groups in total. The van der Waals surface area contributed by atoms with E-state index in [9.17, 15) is 9.59 Å². The van der Waals surface area contributed by atoms with Crippen LogP contribution in [0.2, 0.25) is 0 Å². The van der Waals surface area contributed by atoms with Gasteiger partial charge in [0.05, 0.1) is 0 Å². The summed E-state index contributed by atoms with van der Waals surface area (Å²) >= 11 is 0. The number of hydrogen-bond donors (Lipinski definition) is 1. The second-order valence-corrected chi connectivity index (χ2v) is 5.90. The van der Waals surface area contributed by atoms with Crippen molar-refractivity contribution in [3.05, 3.63) is 29.8 Å². The first kappa shape index (κ1) is 15.5. The van der Waals surface area contributed by atoms with Crippen molar-refractivity contribution in [1.29, 1.82) is 0 Å². The smallest absolute Gasteiger partial charge is 0.252 e. The van der Waals surface area contributed by atoms with Crippen molar-refractivity contribution in [3.63, 3.8) is 0 Å². The summed E-state index contributed by atoms with van der Waals surface area (Å²) in [5.41, 5.74) is 1.28. The quantitative estimate of drug-likeness (QED) is 0.905. The number of unbranched alkanes of at least 4 members (excludes halogenated alkanes) is 1. The molecule has 1 aromatic carbocycles. The van der Waals surface area contributed by atoms with Crippen LogP contribution in [0.4, 0.5) is 5.69 Å². The molecule has 2 rings (SSSR count). The monoisotopic (exact) mass is 288 g/mol. The zero-order valence-electron chi connectivity index (χ0n) is 13.1. The molecule has 0 spiro atoms. The van der Waals surface area contributed by atoms with Gasteiger partial charge in [-0.05, 0) is 43.9 Å². The molecule has 1 aromatic rings. The summed E-state index contributed by atoms with van der Waals surface area (Å²) in [7, 11) is 0. The molecule has 1 saturated heterocycles. The van der Waals surface area contributed by atoms with Crippen LogP contribution >= 0.6 is 0 Å². The van der Waals surface area contributed by atoms with Gasteiger partial charge in [0.25, 0.3) is 5.91 Å². The minimum atomic E-state index is -0.795. The predicted molar refractivity (Wildman–Crippen MR) is 84.2 cm³/mol. The van der Waals surface area contributed by atoms with Crippen LogP contribution in [-0.4, -0.2) is 23.9 Å². The molecule has 1 atom stereocenters. The maximum atomic E-state index is 12.6. The normalized spacial score (nSPS) is 22.3. The van der Waals surface area contributed by atoms with E-state index in [1.165, 1.54) is 12.0 Å². The molecule has 2 amide bonds. The second kappa shape index (κ2) is 6.29. The fourth-order valence-electron chi connectivity index (χ4n) is 2.59. The molecule has 4 nitrogen and oxygen atoms in total. The lowest BCUT2D eigenvalue weighted by atomic mass is 9.94. The third-order valence-electron chi connectivity index (χ3n) is 4.21. The molecule has 0 aromatic heterocycles. The van der Waals surface area contributed by atoms with Crippen molar-refractivity contribution < 1.29 is 9.59 Å². The maximum Gasteiger partial charge on any atom is 0.252 e. The van der Waals surface area contributed by atoms with Crippen molar-refractivity contribution in [2.45, 2.75) is 52.0 Å². The number of amides is 2. The fraction of sp³-hybridized carbons (Fsp3) is 0.529. The highest BCUT2D eigenvalue weighted by Gasteiger charge is 2.41. The standard InChI is InChI=1S/C17H24N2O2/c1-4-6-7-13-8-10-14(11-9-13)19-12-15(20)18-17(3,5-2)16(19)21/h8-11H,4-7,12H2,1-3H3,(H,18,20). The highest BCUT2D eigenvalue weighted by atomic mass is 16.2.